The normalized spacial score (nSPS) is 12.9. The molecule has 0 atom stereocenters. The van der Waals surface area contributed by atoms with Gasteiger partial charge in [0.15, 0.2) is 11.6 Å². The van der Waals surface area contributed by atoms with Gasteiger partial charge in [0.05, 0.1) is 11.1 Å². The average molecular weight is 295 g/mol. The number of anilines is 1. The van der Waals surface area contributed by atoms with Gasteiger partial charge in [-0.05, 0) is 43.5 Å². The molecule has 2 aromatic rings. The second-order valence-corrected chi connectivity index (χ2v) is 5.70. The maximum absolute atomic E-state index is 13.0. The van der Waals surface area contributed by atoms with Crippen LogP contribution in [0.1, 0.15) is 48.5 Å². The molecule has 4 nitrogen and oxygen atoms in total. The zero-order valence-corrected chi connectivity index (χ0v) is 13.0. The number of phenolic OH excluding ortho intramolecular Hbond substituents is 1. The Bertz CT molecular complexity index is 850. The third-order valence-corrected chi connectivity index (χ3v) is 4.29. The fourth-order valence-electron chi connectivity index (χ4n) is 3.11. The smallest absolute Gasteiger partial charge is 0.198 e. The maximum Gasteiger partial charge on any atom is 0.198 e. The van der Waals surface area contributed by atoms with Crippen LogP contribution in [0.2, 0.25) is 0 Å². The highest BCUT2D eigenvalue weighted by Crippen LogP contribution is 2.40. The second kappa shape index (κ2) is 4.70. The molecule has 0 radical (unpaired) electrons. The van der Waals surface area contributed by atoms with Gasteiger partial charge in [0.1, 0.15) is 5.75 Å². The molecule has 4 heteroatoms. The van der Waals surface area contributed by atoms with E-state index in [1.807, 2.05) is 19.1 Å². The molecule has 1 aliphatic carbocycles. The Hall–Kier alpha value is -2.62. The maximum atomic E-state index is 13.0. The number of carbonyl (C=O) groups is 2. The summed E-state index contributed by atoms with van der Waals surface area (Å²) in [5, 5.41) is 13.3. The van der Waals surface area contributed by atoms with E-state index in [-0.39, 0.29) is 28.4 Å². The van der Waals surface area contributed by atoms with Crippen molar-refractivity contribution in [3.63, 3.8) is 0 Å². The first-order chi connectivity index (χ1) is 10.4. The highest BCUT2D eigenvalue weighted by Gasteiger charge is 2.36. The van der Waals surface area contributed by atoms with Crippen molar-refractivity contribution in [3.8, 4) is 5.75 Å². The molecular weight excluding hydrogens is 278 g/mol. The third-order valence-electron chi connectivity index (χ3n) is 4.29. The SMILES string of the molecule is CNc1cc(C)c(O)c2c1C(=O)c1c(C)ccc(C)c1C2=O. The molecule has 0 amide bonds. The summed E-state index contributed by atoms with van der Waals surface area (Å²) in [6.07, 6.45) is 0. The first kappa shape index (κ1) is 14.3. The molecule has 0 unspecified atom stereocenters. The molecule has 112 valence electrons. The summed E-state index contributed by atoms with van der Waals surface area (Å²) in [5.74, 6) is -0.618. The summed E-state index contributed by atoms with van der Waals surface area (Å²) in [4.78, 5) is 25.9. The van der Waals surface area contributed by atoms with Crippen LogP contribution < -0.4 is 5.32 Å². The minimum absolute atomic E-state index is 0.107. The van der Waals surface area contributed by atoms with Crippen molar-refractivity contribution in [2.24, 2.45) is 0 Å². The molecule has 0 aliphatic heterocycles. The Labute approximate surface area is 128 Å². The highest BCUT2D eigenvalue weighted by atomic mass is 16.3. The van der Waals surface area contributed by atoms with E-state index >= 15 is 0 Å². The monoisotopic (exact) mass is 295 g/mol. The van der Waals surface area contributed by atoms with Gasteiger partial charge in [0, 0.05) is 23.9 Å². The number of rotatable bonds is 1. The Morgan fingerprint density at radius 1 is 0.818 bits per heavy atom. The highest BCUT2D eigenvalue weighted by molar-refractivity contribution is 6.32. The molecule has 3 rings (SSSR count). The van der Waals surface area contributed by atoms with Gasteiger partial charge in [-0.1, -0.05) is 12.1 Å². The summed E-state index contributed by atoms with van der Waals surface area (Å²) in [7, 11) is 1.70. The number of ketones is 2. The van der Waals surface area contributed by atoms with Crippen LogP contribution in [0.4, 0.5) is 5.69 Å². The zero-order chi connectivity index (χ0) is 16.2. The lowest BCUT2D eigenvalue weighted by atomic mass is 9.78. The van der Waals surface area contributed by atoms with E-state index in [0.29, 0.717) is 22.4 Å². The van der Waals surface area contributed by atoms with Crippen LogP contribution in [0.25, 0.3) is 0 Å². The number of aryl methyl sites for hydroxylation is 3. The van der Waals surface area contributed by atoms with Gasteiger partial charge in [-0.15, -0.1) is 0 Å². The molecule has 22 heavy (non-hydrogen) atoms. The summed E-state index contributed by atoms with van der Waals surface area (Å²) < 4.78 is 0. The summed E-state index contributed by atoms with van der Waals surface area (Å²) in [6, 6.07) is 5.36. The number of benzene rings is 2. The number of phenols is 1. The second-order valence-electron chi connectivity index (χ2n) is 5.70. The van der Waals surface area contributed by atoms with E-state index in [9.17, 15) is 14.7 Å². The Morgan fingerprint density at radius 3 is 1.82 bits per heavy atom. The molecule has 0 saturated carbocycles. The topological polar surface area (TPSA) is 66.4 Å². The predicted octanol–water partition coefficient (Wildman–Crippen LogP) is 3.13. The number of fused-ring (bicyclic) bond motifs is 2. The van der Waals surface area contributed by atoms with E-state index in [0.717, 1.165) is 11.1 Å². The fourth-order valence-corrected chi connectivity index (χ4v) is 3.11. The molecule has 0 spiro atoms. The lowest BCUT2D eigenvalue weighted by Gasteiger charge is -2.24. The van der Waals surface area contributed by atoms with Crippen LogP contribution in [-0.4, -0.2) is 23.7 Å². The van der Waals surface area contributed by atoms with E-state index < -0.39 is 0 Å². The van der Waals surface area contributed by atoms with Crippen LogP contribution >= 0.6 is 0 Å². The van der Waals surface area contributed by atoms with Crippen molar-refractivity contribution in [2.45, 2.75) is 20.8 Å². The van der Waals surface area contributed by atoms with Gasteiger partial charge in [-0.2, -0.15) is 0 Å². The lowest BCUT2D eigenvalue weighted by molar-refractivity contribution is 0.0976. The Kier molecular flexibility index (Phi) is 3.06. The van der Waals surface area contributed by atoms with E-state index in [1.165, 1.54) is 0 Å². The van der Waals surface area contributed by atoms with Crippen molar-refractivity contribution >= 4 is 17.3 Å². The molecule has 2 N–H and O–H groups in total. The molecule has 0 fully saturated rings. The van der Waals surface area contributed by atoms with Crippen LogP contribution in [-0.2, 0) is 0 Å². The van der Waals surface area contributed by atoms with Crippen molar-refractivity contribution in [1.29, 1.82) is 0 Å². The predicted molar refractivity (Wildman–Crippen MR) is 85.2 cm³/mol. The Balaban J connectivity index is 2.47. The van der Waals surface area contributed by atoms with Crippen LogP contribution in [0.15, 0.2) is 18.2 Å². The molecule has 2 aromatic carbocycles. The summed E-state index contributed by atoms with van der Waals surface area (Å²) in [5.41, 5.74) is 3.86. The van der Waals surface area contributed by atoms with Crippen LogP contribution in [0.5, 0.6) is 5.75 Å². The zero-order valence-electron chi connectivity index (χ0n) is 13.0. The van der Waals surface area contributed by atoms with Crippen molar-refractivity contribution < 1.29 is 14.7 Å². The molecule has 0 bridgehead atoms. The minimum Gasteiger partial charge on any atom is -0.507 e. The first-order valence-corrected chi connectivity index (χ1v) is 7.12. The van der Waals surface area contributed by atoms with E-state index in [2.05, 4.69) is 5.32 Å². The number of hydrogen-bond acceptors (Lipinski definition) is 4. The third kappa shape index (κ3) is 1.70. The van der Waals surface area contributed by atoms with Gasteiger partial charge >= 0.3 is 0 Å². The summed E-state index contributed by atoms with van der Waals surface area (Å²) in [6.45, 7) is 5.34. The molecule has 0 saturated heterocycles. The van der Waals surface area contributed by atoms with Gasteiger partial charge in [-0.3, -0.25) is 9.59 Å². The van der Waals surface area contributed by atoms with Gasteiger partial charge in [-0.25, -0.2) is 0 Å². The van der Waals surface area contributed by atoms with Crippen LogP contribution in [0, 0.1) is 20.8 Å². The van der Waals surface area contributed by atoms with Gasteiger partial charge in [0.2, 0.25) is 0 Å². The minimum atomic E-state index is -0.288. The number of hydrogen-bond donors (Lipinski definition) is 2. The van der Waals surface area contributed by atoms with Crippen molar-refractivity contribution in [1.82, 2.24) is 0 Å². The quantitative estimate of drug-likeness (QED) is 0.677. The summed E-state index contributed by atoms with van der Waals surface area (Å²) >= 11 is 0. The van der Waals surface area contributed by atoms with Crippen LogP contribution in [0.3, 0.4) is 0 Å². The standard InChI is InChI=1S/C18H17NO3/c1-8-5-6-9(2)13-12(8)17(21)14-11(19-4)7-10(3)16(20)15(14)18(13)22/h5-7,19-20H,1-4H3. The van der Waals surface area contributed by atoms with Gasteiger partial charge in [0.25, 0.3) is 0 Å². The van der Waals surface area contributed by atoms with Gasteiger partial charge < -0.3 is 10.4 Å². The molecule has 0 aromatic heterocycles. The largest absolute Gasteiger partial charge is 0.507 e. The lowest BCUT2D eigenvalue weighted by Crippen LogP contribution is -2.25. The molecule has 0 heterocycles. The first-order valence-electron chi connectivity index (χ1n) is 7.12. The number of nitrogens with one attached hydrogen (secondary N) is 1. The fraction of sp³-hybridized carbons (Fsp3) is 0.222. The number of carbonyl (C=O) groups excluding carboxylic acids is 2. The molecular formula is C18H17NO3. The average Bonchev–Trinajstić information content (AvgIpc) is 2.49. The Morgan fingerprint density at radius 2 is 1.32 bits per heavy atom. The van der Waals surface area contributed by atoms with Crippen molar-refractivity contribution in [3.05, 3.63) is 57.1 Å². The van der Waals surface area contributed by atoms with E-state index in [4.69, 9.17) is 0 Å². The van der Waals surface area contributed by atoms with E-state index in [1.54, 1.807) is 27.0 Å². The van der Waals surface area contributed by atoms with Crippen molar-refractivity contribution in [2.75, 3.05) is 12.4 Å². The number of aromatic hydroxyl groups is 1. The molecule has 1 aliphatic rings.